The molecule has 0 saturated heterocycles. The van der Waals surface area contributed by atoms with E-state index in [0.717, 1.165) is 4.88 Å². The van der Waals surface area contributed by atoms with Crippen molar-refractivity contribution in [1.29, 1.82) is 0 Å². The molecule has 5 amide bonds. The number of amides is 5. The Bertz CT molecular complexity index is 3680. The molecule has 8 heterocycles. The predicted molar refractivity (Wildman–Crippen MR) is 320 cm³/mol. The number of benzene rings is 1. The van der Waals surface area contributed by atoms with Gasteiger partial charge in [0.15, 0.2) is 12.4 Å². The number of aliphatic hydroxyl groups is 1. The largest absolute Gasteiger partial charge is 0.439 e. The zero-order valence-electron chi connectivity index (χ0n) is 45.3. The van der Waals surface area contributed by atoms with Crippen LogP contribution in [0.5, 0.6) is 0 Å². The van der Waals surface area contributed by atoms with Crippen molar-refractivity contribution < 1.29 is 43.3 Å². The highest BCUT2D eigenvalue weighted by molar-refractivity contribution is 7.15. The van der Waals surface area contributed by atoms with Gasteiger partial charge in [0.1, 0.15) is 77.2 Å². The standard InChI is InChI=1S/C54H56N14O9S6/c1-25(2)30-16-36(69)43-27(4)82-52(68-43)32(17-39(70)56-5)60-47(74)34-22-78-48(62-34)29-12-13-31(50-64-38(24-81-50)65-54(75)77-20-41(72)57-15-14-55)59-44(29)33-21-79-51(61-33)35-23-80-53(63-35)45(46(73)28-10-8-7-9-11-28)66-40(71)18-58-26(3)42-37(19-76-6)83-49(30)67-42/h7-13,21-25,30,32,45-46,58,73H,3,14-20,55H2,1-2,4-6H3,(H,56,70)(H,57,72)(H,60,74)(H,65,75)(H,66,71)/t30-,32+,45+,46+/m1/s1. The van der Waals surface area contributed by atoms with Gasteiger partial charge in [-0.3, -0.25) is 29.3 Å². The number of nitrogens with one attached hydrogen (secondary N) is 6. The third-order valence-corrected chi connectivity index (χ3v) is 18.5. The molecule has 9 rings (SSSR count). The minimum atomic E-state index is -1.22. The lowest BCUT2D eigenvalue weighted by Crippen LogP contribution is -2.38. The van der Waals surface area contributed by atoms with Crippen molar-refractivity contribution in [2.24, 2.45) is 11.7 Å². The van der Waals surface area contributed by atoms with E-state index in [2.05, 4.69) is 43.5 Å². The van der Waals surface area contributed by atoms with Crippen molar-refractivity contribution in [3.05, 3.63) is 118 Å². The minimum absolute atomic E-state index is 0.0384. The molecule has 1 aliphatic heterocycles. The smallest absolute Gasteiger partial charge is 0.413 e. The van der Waals surface area contributed by atoms with Crippen LogP contribution in [0.3, 0.4) is 0 Å². The van der Waals surface area contributed by atoms with Gasteiger partial charge in [0.05, 0.1) is 46.9 Å². The molecular weight excluding hydrogens is 1180 g/mol. The molecule has 1 aliphatic rings. The molecule has 1 aromatic carbocycles. The lowest BCUT2D eigenvalue weighted by atomic mass is 9.90. The minimum Gasteiger partial charge on any atom is -0.439 e. The number of carbonyl (C=O) groups is 6. The number of ketones is 1. The molecule has 0 unspecified atom stereocenters. The number of carbonyl (C=O) groups excluding carboxylic acids is 6. The first-order chi connectivity index (χ1) is 40.0. The van der Waals surface area contributed by atoms with Gasteiger partial charge in [0, 0.05) is 71.5 Å². The van der Waals surface area contributed by atoms with E-state index in [9.17, 15) is 33.9 Å². The number of fused-ring (bicyclic) bond motifs is 14. The van der Waals surface area contributed by atoms with Crippen LogP contribution in [0.2, 0.25) is 0 Å². The van der Waals surface area contributed by atoms with Crippen LogP contribution < -0.4 is 37.6 Å². The topological polar surface area (TPSA) is 330 Å². The summed E-state index contributed by atoms with van der Waals surface area (Å²) in [6.07, 6.45) is -2.26. The number of hydrogen-bond acceptors (Lipinski definition) is 24. The van der Waals surface area contributed by atoms with Crippen molar-refractivity contribution in [3.8, 4) is 43.4 Å². The van der Waals surface area contributed by atoms with Crippen molar-refractivity contribution in [3.63, 3.8) is 0 Å². The Kier molecular flexibility index (Phi) is 19.7. The average molecular weight is 1240 g/mol. The van der Waals surface area contributed by atoms with Gasteiger partial charge in [-0.2, -0.15) is 0 Å². The fourth-order valence-corrected chi connectivity index (χ4v) is 14.1. The van der Waals surface area contributed by atoms with Crippen LogP contribution in [0, 0.1) is 12.8 Å². The third kappa shape index (κ3) is 14.4. The highest BCUT2D eigenvalue weighted by atomic mass is 32.1. The van der Waals surface area contributed by atoms with Crippen LogP contribution in [0.15, 0.2) is 70.6 Å². The van der Waals surface area contributed by atoms with E-state index < -0.39 is 48.6 Å². The van der Waals surface area contributed by atoms with E-state index in [1.54, 1.807) is 72.0 Å². The summed E-state index contributed by atoms with van der Waals surface area (Å²) in [4.78, 5) is 116. The van der Waals surface area contributed by atoms with Crippen LogP contribution in [-0.2, 0) is 30.5 Å². The summed E-state index contributed by atoms with van der Waals surface area (Å²) in [5, 5.41) is 38.1. The first kappa shape index (κ1) is 60.0. The normalized spacial score (nSPS) is 16.3. The summed E-state index contributed by atoms with van der Waals surface area (Å²) in [6, 6.07) is 10.5. The van der Waals surface area contributed by atoms with Gasteiger partial charge in [0.2, 0.25) is 11.8 Å². The highest BCUT2D eigenvalue weighted by Gasteiger charge is 2.32. The second-order valence-electron chi connectivity index (χ2n) is 18.9. The number of pyridine rings is 1. The van der Waals surface area contributed by atoms with Crippen LogP contribution in [0.4, 0.5) is 10.6 Å². The molecule has 8 aromatic rings. The Morgan fingerprint density at radius 2 is 1.52 bits per heavy atom. The Morgan fingerprint density at radius 1 is 0.795 bits per heavy atom. The van der Waals surface area contributed by atoms with E-state index in [1.807, 2.05) is 19.9 Å². The molecule has 83 heavy (non-hydrogen) atoms. The molecule has 23 nitrogen and oxygen atoms in total. The number of nitrogens with two attached hydrogens (primary N) is 1. The Labute approximate surface area is 499 Å². The number of anilines is 1. The maximum Gasteiger partial charge on any atom is 0.413 e. The number of aliphatic hydroxyl groups excluding tert-OH is 1. The lowest BCUT2D eigenvalue weighted by Gasteiger charge is -2.23. The number of aryl methyl sites for hydroxylation is 1. The third-order valence-electron chi connectivity index (χ3n) is 12.8. The van der Waals surface area contributed by atoms with Gasteiger partial charge in [0.25, 0.3) is 11.8 Å². The van der Waals surface area contributed by atoms with E-state index in [1.165, 1.54) is 75.1 Å². The van der Waals surface area contributed by atoms with Crippen molar-refractivity contribution in [2.45, 2.75) is 64.3 Å². The summed E-state index contributed by atoms with van der Waals surface area (Å²) in [7, 11) is 3.05. The number of thiazole rings is 6. The lowest BCUT2D eigenvalue weighted by molar-refractivity contribution is -0.124. The number of Topliss-reactive ketones (excluding diaryl/α,β-unsaturated/α-hetero) is 1. The van der Waals surface area contributed by atoms with Crippen LogP contribution in [0.1, 0.15) is 108 Å². The van der Waals surface area contributed by atoms with E-state index in [-0.39, 0.29) is 79.8 Å². The number of hydrogen-bond donors (Lipinski definition) is 8. The van der Waals surface area contributed by atoms with Gasteiger partial charge in [-0.15, -0.1) is 68.0 Å². The fourth-order valence-electron chi connectivity index (χ4n) is 8.52. The molecule has 0 aliphatic carbocycles. The number of methoxy groups -OCH3 is 1. The molecular formula is C54H56N14O9S6. The van der Waals surface area contributed by atoms with E-state index >= 15 is 0 Å². The van der Waals surface area contributed by atoms with Gasteiger partial charge in [-0.25, -0.2) is 39.7 Å². The number of aromatic nitrogens is 7. The summed E-state index contributed by atoms with van der Waals surface area (Å²) >= 11 is 7.46. The maximum absolute atomic E-state index is 14.4. The molecule has 0 radical (unpaired) electrons. The average Bonchev–Trinajstić information content (AvgIpc) is 4.51. The van der Waals surface area contributed by atoms with Gasteiger partial charge >= 0.3 is 6.09 Å². The molecule has 0 spiro atoms. The van der Waals surface area contributed by atoms with Crippen molar-refractivity contribution in [2.75, 3.05) is 45.7 Å². The van der Waals surface area contributed by atoms with Crippen LogP contribution in [0.25, 0.3) is 49.1 Å². The van der Waals surface area contributed by atoms with Crippen LogP contribution >= 0.6 is 68.0 Å². The molecule has 7 aromatic heterocycles. The predicted octanol–water partition coefficient (Wildman–Crippen LogP) is 7.65. The molecule has 29 heteroatoms. The molecule has 9 N–H and O–H groups in total. The second-order valence-corrected chi connectivity index (χ2v) is 24.8. The summed E-state index contributed by atoms with van der Waals surface area (Å²) in [5.74, 6) is -2.49. The molecule has 0 saturated carbocycles. The Morgan fingerprint density at radius 3 is 2.28 bits per heavy atom. The Balaban J connectivity index is 1.10. The summed E-state index contributed by atoms with van der Waals surface area (Å²) in [5.41, 5.74) is 9.17. The quantitative estimate of drug-likeness (QED) is 0.0549. The zero-order chi connectivity index (χ0) is 58.9. The van der Waals surface area contributed by atoms with Gasteiger partial charge in [-0.05, 0) is 30.5 Å². The molecule has 432 valence electrons. The highest BCUT2D eigenvalue weighted by Crippen LogP contribution is 2.41. The first-order valence-corrected chi connectivity index (χ1v) is 30.9. The van der Waals surface area contributed by atoms with Gasteiger partial charge in [-0.1, -0.05) is 50.8 Å². The monoisotopic (exact) mass is 1240 g/mol. The van der Waals surface area contributed by atoms with Gasteiger partial charge < -0.3 is 46.9 Å². The summed E-state index contributed by atoms with van der Waals surface area (Å²) in [6.45, 7) is 9.88. The molecule has 0 fully saturated rings. The number of rotatable bonds is 13. The van der Waals surface area contributed by atoms with E-state index in [0.29, 0.717) is 80.2 Å². The fraction of sp³-hybridized carbons (Fsp3) is 0.315. The Hall–Kier alpha value is -7.61. The van der Waals surface area contributed by atoms with Crippen LogP contribution in [-0.4, -0.2) is 116 Å². The number of ether oxygens (including phenoxy) is 2. The zero-order valence-corrected chi connectivity index (χ0v) is 50.2. The summed E-state index contributed by atoms with van der Waals surface area (Å²) < 4.78 is 10.6. The first-order valence-electron chi connectivity index (χ1n) is 25.7. The second kappa shape index (κ2) is 27.2. The molecule has 10 bridgehead atoms. The van der Waals surface area contributed by atoms with Crippen molar-refractivity contribution in [1.82, 2.24) is 61.5 Å². The van der Waals surface area contributed by atoms with Crippen molar-refractivity contribution >= 4 is 115 Å². The SMILES string of the molecule is C=C1NCC(=O)N[C@@H]([C@@H](O)c2ccccc2)c2nc(cs2)-c2nc(cs2)-c2nc(-c3nc(NC(=O)OCC(=O)NCCN)cs3)ccc2-c2nc(cs2)C(=O)N[C@@H](CC(=O)NC)c2nc(c(C)s2)C(=O)C[C@H](C(C)C)c2nc1c(COC)s2. The van der Waals surface area contributed by atoms with E-state index in [4.69, 9.17) is 45.1 Å². The maximum atomic E-state index is 14.4. The number of nitrogens with zero attached hydrogens (tertiary/aromatic N) is 7. The molecule has 4 atom stereocenters.